The molecule has 11 nitrogen and oxygen atoms in total. The number of nitrogens with zero attached hydrogens (tertiary/aromatic N) is 5. The Morgan fingerprint density at radius 1 is 1.11 bits per heavy atom. The number of hydrogen-bond donors (Lipinski definition) is 1. The molecule has 1 amide bonds. The van der Waals surface area contributed by atoms with E-state index in [0.717, 1.165) is 6.04 Å². The largest absolute Gasteiger partial charge is 0.475 e. The van der Waals surface area contributed by atoms with Gasteiger partial charge in [0, 0.05) is 43.6 Å². The van der Waals surface area contributed by atoms with Gasteiger partial charge in [0.15, 0.2) is 0 Å². The van der Waals surface area contributed by atoms with E-state index in [9.17, 15) is 22.4 Å². The van der Waals surface area contributed by atoms with Crippen LogP contribution < -0.4 is 14.8 Å². The molecule has 1 atom stereocenters. The predicted octanol–water partition coefficient (Wildman–Crippen LogP) is 7.10. The molecule has 0 saturated heterocycles. The van der Waals surface area contributed by atoms with Gasteiger partial charge in [-0.2, -0.15) is 13.9 Å². The number of carbonyl (C=O) groups excluding carboxylic acids is 1. The molecular weight excluding hydrogens is 640 g/mol. The van der Waals surface area contributed by atoms with E-state index in [0.29, 0.717) is 17.6 Å². The van der Waals surface area contributed by atoms with Crippen LogP contribution >= 0.6 is 0 Å². The van der Waals surface area contributed by atoms with Crippen LogP contribution in [0, 0.1) is 0 Å². The fourth-order valence-electron chi connectivity index (χ4n) is 5.24. The Balaban J connectivity index is 1.69. The average molecular weight is 679 g/mol. The summed E-state index contributed by atoms with van der Waals surface area (Å²) >= 11 is 0. The lowest BCUT2D eigenvalue weighted by Crippen LogP contribution is -2.46. The second-order valence-electron chi connectivity index (χ2n) is 13.3. The van der Waals surface area contributed by atoms with Crippen molar-refractivity contribution in [1.29, 1.82) is 0 Å². The van der Waals surface area contributed by atoms with Crippen molar-refractivity contribution in [2.75, 3.05) is 13.2 Å². The van der Waals surface area contributed by atoms with E-state index in [-0.39, 0.29) is 48.1 Å². The van der Waals surface area contributed by atoms with Crippen LogP contribution in [0.1, 0.15) is 32.9 Å². The Morgan fingerprint density at radius 3 is 2.51 bits per heavy atom. The molecule has 0 fully saturated rings. The first kappa shape index (κ1) is 34.2. The van der Waals surface area contributed by atoms with Crippen LogP contribution in [0.25, 0.3) is 33.4 Å². The van der Waals surface area contributed by atoms with Crippen molar-refractivity contribution in [3.63, 3.8) is 0 Å². The lowest BCUT2D eigenvalue weighted by Gasteiger charge is -2.27. The number of alkyl carbamates (subject to hydrolysis) is 1. The van der Waals surface area contributed by atoms with Gasteiger partial charge in [0.1, 0.15) is 30.3 Å². The normalized spacial score (nSPS) is 15.2. The van der Waals surface area contributed by atoms with E-state index in [1.54, 1.807) is 43.7 Å². The van der Waals surface area contributed by atoms with Gasteiger partial charge >= 0.3 is 12.7 Å². The highest BCUT2D eigenvalue weighted by atomic mass is 28.3. The van der Waals surface area contributed by atoms with E-state index in [1.165, 1.54) is 23.0 Å². The van der Waals surface area contributed by atoms with Crippen LogP contribution in [-0.4, -0.2) is 70.0 Å². The smallest absolute Gasteiger partial charge is 0.408 e. The van der Waals surface area contributed by atoms with Crippen molar-refractivity contribution in [2.45, 2.75) is 84.4 Å². The van der Waals surface area contributed by atoms with Crippen molar-refractivity contribution in [1.82, 2.24) is 29.6 Å². The Kier molecular flexibility index (Phi) is 9.82. The molecule has 1 aliphatic heterocycles. The number of ether oxygens (including phenoxy) is 4. The second kappa shape index (κ2) is 13.5. The van der Waals surface area contributed by atoms with Crippen molar-refractivity contribution in [3.05, 3.63) is 42.4 Å². The minimum Gasteiger partial charge on any atom is -0.475 e. The maximum Gasteiger partial charge on any atom is 0.408 e. The van der Waals surface area contributed by atoms with E-state index in [1.807, 2.05) is 0 Å². The van der Waals surface area contributed by atoms with E-state index >= 15 is 0 Å². The predicted molar refractivity (Wildman–Crippen MR) is 169 cm³/mol. The van der Waals surface area contributed by atoms with Gasteiger partial charge in [-0.1, -0.05) is 19.6 Å². The molecule has 0 bridgehead atoms. The summed E-state index contributed by atoms with van der Waals surface area (Å²) in [7, 11) is -1.48. The molecule has 4 aromatic heterocycles. The van der Waals surface area contributed by atoms with Gasteiger partial charge in [0.25, 0.3) is 6.43 Å². The zero-order valence-corrected chi connectivity index (χ0v) is 28.0. The molecule has 5 rings (SSSR count). The summed E-state index contributed by atoms with van der Waals surface area (Å²) in [6.07, 6.45) is -0.914. The van der Waals surface area contributed by atoms with Crippen LogP contribution in [0.15, 0.2) is 36.7 Å². The van der Waals surface area contributed by atoms with Gasteiger partial charge in [0.05, 0.1) is 23.8 Å². The molecule has 1 aliphatic rings. The molecule has 47 heavy (non-hydrogen) atoms. The first-order valence-corrected chi connectivity index (χ1v) is 18.8. The van der Waals surface area contributed by atoms with Gasteiger partial charge in [-0.05, 0) is 51.1 Å². The molecule has 0 radical (unpaired) electrons. The number of rotatable bonds is 11. The van der Waals surface area contributed by atoms with Gasteiger partial charge in [-0.3, -0.25) is 0 Å². The number of fused-ring (bicyclic) bond motifs is 2. The van der Waals surface area contributed by atoms with Gasteiger partial charge in [-0.15, -0.1) is 0 Å². The van der Waals surface area contributed by atoms with Crippen LogP contribution in [-0.2, 0) is 22.7 Å². The van der Waals surface area contributed by atoms with Gasteiger partial charge in [0.2, 0.25) is 11.8 Å². The number of hydrogen-bond acceptors (Lipinski definition) is 8. The standard InChI is InChI=1S/C31H38F4N6O5Si/c1-31(2,3)46-30(42)38-18-15-41-28(44-16-18)22(23(39-41)25(32)33)24-21(20-10-8-12-37-27(20)45-29(34)35)19-9-7-11-36-26(19)40(24)17-43-13-14-47(4,5)6/h7-12,18,25,29H,13-17H2,1-6H3,(H,38,42)/t18-/m0/s1. The maximum atomic E-state index is 14.9. The molecular formula is C31H38F4N6O5Si. The molecule has 0 aromatic carbocycles. The summed E-state index contributed by atoms with van der Waals surface area (Å²) in [6.45, 7) is 8.82. The molecule has 0 saturated carbocycles. The van der Waals surface area contributed by atoms with E-state index < -0.39 is 50.4 Å². The topological polar surface area (TPSA) is 115 Å². The highest BCUT2D eigenvalue weighted by molar-refractivity contribution is 6.76. The molecule has 0 spiro atoms. The summed E-state index contributed by atoms with van der Waals surface area (Å²) < 4.78 is 82.1. The molecule has 16 heteroatoms. The number of amides is 1. The SMILES string of the molecule is CC(C)(C)OC(=O)N[C@@H]1COc2c(-c3c(-c4cccnc4OC(F)F)c4cccnc4n3COCC[Si](C)(C)C)c(C(F)F)nn2C1. The number of pyridine rings is 2. The summed E-state index contributed by atoms with van der Waals surface area (Å²) in [5.41, 5.74) is -0.509. The summed E-state index contributed by atoms with van der Waals surface area (Å²) in [6, 6.07) is 6.62. The van der Waals surface area contributed by atoms with Crippen molar-refractivity contribution >= 4 is 25.2 Å². The van der Waals surface area contributed by atoms with E-state index in [2.05, 4.69) is 40.0 Å². The van der Waals surface area contributed by atoms with Crippen LogP contribution in [0.3, 0.4) is 0 Å². The molecule has 0 unspecified atom stereocenters. The Hall–Kier alpha value is -4.18. The highest BCUT2D eigenvalue weighted by Crippen LogP contribution is 2.49. The van der Waals surface area contributed by atoms with Crippen molar-refractivity contribution < 1.29 is 41.3 Å². The molecule has 254 valence electrons. The maximum absolute atomic E-state index is 14.9. The molecule has 4 aromatic rings. The lowest BCUT2D eigenvalue weighted by molar-refractivity contribution is -0.0524. The fourth-order valence-corrected chi connectivity index (χ4v) is 6.00. The number of aromatic nitrogens is 5. The zero-order valence-electron chi connectivity index (χ0n) is 27.0. The zero-order chi connectivity index (χ0) is 34.1. The first-order valence-electron chi connectivity index (χ1n) is 15.1. The second-order valence-corrected chi connectivity index (χ2v) is 18.9. The summed E-state index contributed by atoms with van der Waals surface area (Å²) in [5.74, 6) is -0.386. The molecule has 1 N–H and O–H groups in total. The lowest BCUT2D eigenvalue weighted by atomic mass is 9.99. The fraction of sp³-hybridized carbons (Fsp3) is 0.484. The monoisotopic (exact) mass is 678 g/mol. The summed E-state index contributed by atoms with van der Waals surface area (Å²) in [4.78, 5) is 21.0. The third-order valence-electron chi connectivity index (χ3n) is 7.19. The quantitative estimate of drug-likeness (QED) is 0.102. The van der Waals surface area contributed by atoms with E-state index in [4.69, 9.17) is 18.9 Å². The highest BCUT2D eigenvalue weighted by Gasteiger charge is 2.37. The van der Waals surface area contributed by atoms with Crippen LogP contribution in [0.5, 0.6) is 11.8 Å². The third kappa shape index (κ3) is 7.86. The number of carbonyl (C=O) groups is 1. The van der Waals surface area contributed by atoms with Gasteiger partial charge in [-0.25, -0.2) is 28.2 Å². The summed E-state index contributed by atoms with van der Waals surface area (Å²) in [5, 5.41) is 7.37. The Morgan fingerprint density at radius 2 is 1.83 bits per heavy atom. The number of alkyl halides is 4. The van der Waals surface area contributed by atoms with Crippen LogP contribution in [0.2, 0.25) is 25.7 Å². The van der Waals surface area contributed by atoms with Crippen molar-refractivity contribution in [3.8, 4) is 34.1 Å². The minimum atomic E-state index is -3.19. The van der Waals surface area contributed by atoms with Crippen molar-refractivity contribution in [2.24, 2.45) is 0 Å². The molecule has 0 aliphatic carbocycles. The first-order chi connectivity index (χ1) is 22.1. The molecule has 5 heterocycles. The number of halogens is 4. The van der Waals surface area contributed by atoms with Gasteiger partial charge < -0.3 is 28.8 Å². The Bertz CT molecular complexity index is 1730. The van der Waals surface area contributed by atoms with Crippen LogP contribution in [0.4, 0.5) is 22.4 Å². The third-order valence-corrected chi connectivity index (χ3v) is 8.89. The Labute approximate surface area is 270 Å². The number of nitrogens with one attached hydrogen (secondary N) is 1. The minimum absolute atomic E-state index is 0.00144. The average Bonchev–Trinajstić information content (AvgIpc) is 3.49.